The van der Waals surface area contributed by atoms with Gasteiger partial charge in [-0.05, 0) is 43.3 Å². The van der Waals surface area contributed by atoms with Crippen molar-refractivity contribution in [2.75, 3.05) is 7.05 Å². The van der Waals surface area contributed by atoms with Crippen molar-refractivity contribution in [1.82, 2.24) is 20.1 Å². The molecule has 4 aromatic rings. The van der Waals surface area contributed by atoms with Crippen LogP contribution in [-0.4, -0.2) is 27.7 Å². The Kier molecular flexibility index (Phi) is 4.16. The Morgan fingerprint density at radius 2 is 1.85 bits per heavy atom. The largest absolute Gasteiger partial charge is 0.355 e. The van der Waals surface area contributed by atoms with Gasteiger partial charge >= 0.3 is 0 Å². The number of carbonyl (C=O) groups is 1. The van der Waals surface area contributed by atoms with E-state index in [2.05, 4.69) is 10.4 Å². The highest BCUT2D eigenvalue weighted by Crippen LogP contribution is 2.28. The van der Waals surface area contributed by atoms with Gasteiger partial charge in [-0.1, -0.05) is 18.2 Å². The number of fused-ring (bicyclic) bond motifs is 1. The smallest absolute Gasteiger partial charge is 0.251 e. The Morgan fingerprint density at radius 1 is 1.11 bits per heavy atom. The second-order valence-corrected chi connectivity index (χ2v) is 6.18. The lowest BCUT2D eigenvalue weighted by atomic mass is 10.0. The molecular formula is C21H17FN4O. The van der Waals surface area contributed by atoms with Gasteiger partial charge in [-0.3, -0.25) is 4.79 Å². The van der Waals surface area contributed by atoms with Gasteiger partial charge in [0.05, 0.1) is 34.4 Å². The van der Waals surface area contributed by atoms with Crippen LogP contribution in [0.5, 0.6) is 0 Å². The van der Waals surface area contributed by atoms with Gasteiger partial charge in [0, 0.05) is 18.0 Å². The third-order valence-corrected chi connectivity index (χ3v) is 4.54. The summed E-state index contributed by atoms with van der Waals surface area (Å²) in [7, 11) is 1.61. The molecule has 27 heavy (non-hydrogen) atoms. The van der Waals surface area contributed by atoms with Crippen LogP contribution in [0, 0.1) is 12.7 Å². The number of carbonyl (C=O) groups excluding carboxylic acids is 1. The van der Waals surface area contributed by atoms with Crippen molar-refractivity contribution in [1.29, 1.82) is 0 Å². The van der Waals surface area contributed by atoms with Crippen LogP contribution in [0.4, 0.5) is 4.39 Å². The Hall–Kier alpha value is -3.54. The van der Waals surface area contributed by atoms with Crippen molar-refractivity contribution in [2.45, 2.75) is 6.92 Å². The van der Waals surface area contributed by atoms with Crippen molar-refractivity contribution >= 4 is 16.8 Å². The summed E-state index contributed by atoms with van der Waals surface area (Å²) in [6, 6.07) is 15.4. The first-order chi connectivity index (χ1) is 13.1. The summed E-state index contributed by atoms with van der Waals surface area (Å²) in [6.07, 6.45) is 1.71. The number of nitrogens with zero attached hydrogens (tertiary/aromatic N) is 3. The standard InChI is InChI=1S/C21H17FN4O/c1-13-18(12-24-26(13)15-9-7-14(22)8-10-15)20-11-17(21(27)23-2)16-5-3-4-6-19(16)25-20/h3-12H,1-2H3,(H,23,27). The summed E-state index contributed by atoms with van der Waals surface area (Å²) in [5.74, 6) is -0.464. The summed E-state index contributed by atoms with van der Waals surface area (Å²) in [6.45, 7) is 1.92. The Balaban J connectivity index is 1.88. The molecule has 0 radical (unpaired) electrons. The van der Waals surface area contributed by atoms with E-state index in [1.54, 1.807) is 36.1 Å². The summed E-state index contributed by atoms with van der Waals surface area (Å²) < 4.78 is 14.9. The van der Waals surface area contributed by atoms with Gasteiger partial charge in [0.1, 0.15) is 5.82 Å². The van der Waals surface area contributed by atoms with E-state index < -0.39 is 0 Å². The van der Waals surface area contributed by atoms with Gasteiger partial charge in [-0.15, -0.1) is 0 Å². The van der Waals surface area contributed by atoms with Gasteiger partial charge in [0.2, 0.25) is 0 Å². The van der Waals surface area contributed by atoms with Crippen LogP contribution in [0.3, 0.4) is 0 Å². The summed E-state index contributed by atoms with van der Waals surface area (Å²) in [4.78, 5) is 17.1. The summed E-state index contributed by atoms with van der Waals surface area (Å²) in [5, 5.41) is 7.90. The molecule has 5 nitrogen and oxygen atoms in total. The molecule has 6 heteroatoms. The highest BCUT2D eigenvalue weighted by atomic mass is 19.1. The minimum absolute atomic E-state index is 0.168. The molecule has 2 heterocycles. The molecular weight excluding hydrogens is 343 g/mol. The average molecular weight is 360 g/mol. The van der Waals surface area contributed by atoms with Crippen molar-refractivity contribution in [2.24, 2.45) is 0 Å². The fourth-order valence-electron chi connectivity index (χ4n) is 3.14. The Bertz CT molecular complexity index is 1150. The van der Waals surface area contributed by atoms with E-state index in [1.165, 1.54) is 12.1 Å². The first-order valence-electron chi connectivity index (χ1n) is 8.51. The van der Waals surface area contributed by atoms with Gasteiger partial charge in [-0.25, -0.2) is 14.1 Å². The Labute approximate surface area is 155 Å². The molecule has 0 unspecified atom stereocenters. The molecule has 2 aromatic carbocycles. The van der Waals surface area contributed by atoms with Crippen LogP contribution in [0.15, 0.2) is 60.8 Å². The average Bonchev–Trinajstić information content (AvgIpc) is 3.08. The molecule has 134 valence electrons. The second-order valence-electron chi connectivity index (χ2n) is 6.18. The van der Waals surface area contributed by atoms with Gasteiger partial charge in [-0.2, -0.15) is 5.10 Å². The fraction of sp³-hybridized carbons (Fsp3) is 0.0952. The van der Waals surface area contributed by atoms with E-state index in [4.69, 9.17) is 4.98 Å². The second kappa shape index (κ2) is 6.64. The number of para-hydroxylation sites is 1. The summed E-state index contributed by atoms with van der Waals surface area (Å²) in [5.41, 5.74) is 4.39. The monoisotopic (exact) mass is 360 g/mol. The number of nitrogens with one attached hydrogen (secondary N) is 1. The van der Waals surface area contributed by atoms with Crippen molar-refractivity contribution in [3.05, 3.63) is 77.9 Å². The van der Waals surface area contributed by atoms with Crippen molar-refractivity contribution in [3.63, 3.8) is 0 Å². The molecule has 0 saturated carbocycles. The zero-order valence-corrected chi connectivity index (χ0v) is 14.9. The predicted molar refractivity (Wildman–Crippen MR) is 102 cm³/mol. The predicted octanol–water partition coefficient (Wildman–Crippen LogP) is 3.89. The maximum absolute atomic E-state index is 13.2. The number of benzene rings is 2. The third kappa shape index (κ3) is 2.95. The van der Waals surface area contributed by atoms with Gasteiger partial charge < -0.3 is 5.32 Å². The maximum atomic E-state index is 13.2. The summed E-state index contributed by atoms with van der Waals surface area (Å²) >= 11 is 0. The molecule has 0 aliphatic carbocycles. The van der Waals surface area contributed by atoms with Crippen LogP contribution in [0.25, 0.3) is 27.8 Å². The molecule has 0 saturated heterocycles. The maximum Gasteiger partial charge on any atom is 0.251 e. The topological polar surface area (TPSA) is 59.8 Å². The van der Waals surface area contributed by atoms with Crippen LogP contribution >= 0.6 is 0 Å². The lowest BCUT2D eigenvalue weighted by Gasteiger charge is -2.09. The minimum Gasteiger partial charge on any atom is -0.355 e. The zero-order chi connectivity index (χ0) is 19.0. The van der Waals surface area contributed by atoms with Crippen LogP contribution in [0.1, 0.15) is 16.1 Å². The lowest BCUT2D eigenvalue weighted by Crippen LogP contribution is -2.18. The molecule has 0 aliphatic rings. The third-order valence-electron chi connectivity index (χ3n) is 4.54. The molecule has 0 aliphatic heterocycles. The first kappa shape index (κ1) is 16.9. The van der Waals surface area contributed by atoms with Crippen LogP contribution in [-0.2, 0) is 0 Å². The number of aromatic nitrogens is 3. The lowest BCUT2D eigenvalue weighted by molar-refractivity contribution is 0.0964. The molecule has 0 atom stereocenters. The molecule has 1 N–H and O–H groups in total. The molecule has 0 fully saturated rings. The molecule has 0 bridgehead atoms. The fourth-order valence-corrected chi connectivity index (χ4v) is 3.14. The Morgan fingerprint density at radius 3 is 2.59 bits per heavy atom. The van der Waals surface area contributed by atoms with Crippen molar-refractivity contribution < 1.29 is 9.18 Å². The number of hydrogen-bond donors (Lipinski definition) is 1. The van der Waals surface area contributed by atoms with E-state index in [0.717, 1.165) is 27.8 Å². The van der Waals surface area contributed by atoms with Crippen molar-refractivity contribution in [3.8, 4) is 16.9 Å². The normalized spacial score (nSPS) is 10.9. The number of pyridine rings is 1. The molecule has 4 rings (SSSR count). The van der Waals surface area contributed by atoms with E-state index in [1.807, 2.05) is 31.2 Å². The molecule has 2 aromatic heterocycles. The van der Waals surface area contributed by atoms with E-state index in [9.17, 15) is 9.18 Å². The highest BCUT2D eigenvalue weighted by Gasteiger charge is 2.16. The minimum atomic E-state index is -0.296. The molecule has 0 spiro atoms. The highest BCUT2D eigenvalue weighted by molar-refractivity contribution is 6.07. The van der Waals surface area contributed by atoms with Crippen LogP contribution in [0.2, 0.25) is 0 Å². The SMILES string of the molecule is CNC(=O)c1cc(-c2cnn(-c3ccc(F)cc3)c2C)nc2ccccc12. The number of hydrogen-bond acceptors (Lipinski definition) is 3. The number of halogens is 1. The number of rotatable bonds is 3. The first-order valence-corrected chi connectivity index (χ1v) is 8.51. The van der Waals surface area contributed by atoms with E-state index in [-0.39, 0.29) is 11.7 Å². The van der Waals surface area contributed by atoms with Gasteiger partial charge in [0.25, 0.3) is 5.91 Å². The quantitative estimate of drug-likeness (QED) is 0.603. The van der Waals surface area contributed by atoms with E-state index >= 15 is 0 Å². The zero-order valence-electron chi connectivity index (χ0n) is 14.9. The number of amides is 1. The molecule has 1 amide bonds. The van der Waals surface area contributed by atoms with Crippen LogP contribution < -0.4 is 5.32 Å². The van der Waals surface area contributed by atoms with E-state index in [0.29, 0.717) is 11.3 Å². The van der Waals surface area contributed by atoms with Gasteiger partial charge in [0.15, 0.2) is 0 Å².